The van der Waals surface area contributed by atoms with Crippen LogP contribution in [0.3, 0.4) is 0 Å². The Bertz CT molecular complexity index is 1090. The Hall–Kier alpha value is -3.88. The minimum absolute atomic E-state index is 0.116. The van der Waals surface area contributed by atoms with Gasteiger partial charge in [-0.3, -0.25) is 25.4 Å². The molecular weight excluding hydrogens is 399 g/mol. The summed E-state index contributed by atoms with van der Waals surface area (Å²) in [6.07, 6.45) is -0.0980. The zero-order valence-electron chi connectivity index (χ0n) is 15.4. The molecule has 2 N–H and O–H groups in total. The zero-order chi connectivity index (χ0) is 21.6. The van der Waals surface area contributed by atoms with Gasteiger partial charge in [-0.05, 0) is 30.3 Å². The maximum atomic E-state index is 12.7. The number of aromatic nitrogens is 1. The molecule has 1 heterocycles. The number of alkyl halides is 3. The van der Waals surface area contributed by atoms with Crippen molar-refractivity contribution in [2.75, 3.05) is 6.61 Å². The average molecular weight is 415 g/mol. The van der Waals surface area contributed by atoms with E-state index in [1.807, 2.05) is 18.2 Å². The number of para-hydroxylation sites is 1. The van der Waals surface area contributed by atoms with Crippen molar-refractivity contribution in [3.63, 3.8) is 0 Å². The fraction of sp³-hybridized carbons (Fsp3) is 0.0952. The van der Waals surface area contributed by atoms with Crippen LogP contribution in [0.2, 0.25) is 0 Å². The first kappa shape index (κ1) is 20.8. The van der Waals surface area contributed by atoms with Crippen molar-refractivity contribution in [3.8, 4) is 5.75 Å². The van der Waals surface area contributed by atoms with Gasteiger partial charge in [0.2, 0.25) is 0 Å². The van der Waals surface area contributed by atoms with Gasteiger partial charge in [0.15, 0.2) is 6.61 Å². The molecular formula is C21H16F3N3O3. The van der Waals surface area contributed by atoms with Gasteiger partial charge in [-0.15, -0.1) is 0 Å². The van der Waals surface area contributed by atoms with Crippen molar-refractivity contribution < 1.29 is 27.5 Å². The fourth-order valence-electron chi connectivity index (χ4n) is 2.55. The monoisotopic (exact) mass is 415 g/mol. The molecule has 0 radical (unpaired) electrons. The molecule has 1 aromatic heterocycles. The smallest absolute Gasteiger partial charge is 0.416 e. The number of nitrogens with zero attached hydrogens (tertiary/aromatic N) is 1. The standard InChI is InChI=1S/C21H16F3N3O3/c22-21(23,24)16-7-2-8-17(12-16)30-13-19(29)27-26-18(28)10-9-15-5-1-4-14-6-3-11-25-20(14)15/h1-12H,13H2,(H,26,28)(H,27,29)/b10-9+. The Morgan fingerprint density at radius 1 is 1.03 bits per heavy atom. The maximum Gasteiger partial charge on any atom is 0.416 e. The second-order valence-electron chi connectivity index (χ2n) is 6.11. The Labute approximate surface area is 169 Å². The van der Waals surface area contributed by atoms with Crippen molar-refractivity contribution in [2.24, 2.45) is 0 Å². The van der Waals surface area contributed by atoms with E-state index < -0.39 is 30.2 Å². The lowest BCUT2D eigenvalue weighted by atomic mass is 10.1. The topological polar surface area (TPSA) is 80.3 Å². The Balaban J connectivity index is 1.50. The fourth-order valence-corrected chi connectivity index (χ4v) is 2.55. The number of pyridine rings is 1. The Morgan fingerprint density at radius 2 is 1.80 bits per heavy atom. The number of carbonyl (C=O) groups is 2. The lowest BCUT2D eigenvalue weighted by Crippen LogP contribution is -2.43. The molecule has 0 aliphatic heterocycles. The highest BCUT2D eigenvalue weighted by Crippen LogP contribution is 2.31. The number of halogens is 3. The molecule has 2 amide bonds. The molecule has 30 heavy (non-hydrogen) atoms. The van der Waals surface area contributed by atoms with Crippen molar-refractivity contribution in [1.82, 2.24) is 15.8 Å². The molecule has 2 aromatic carbocycles. The number of rotatable bonds is 5. The highest BCUT2D eigenvalue weighted by atomic mass is 19.4. The van der Waals surface area contributed by atoms with Gasteiger partial charge >= 0.3 is 6.18 Å². The van der Waals surface area contributed by atoms with Crippen molar-refractivity contribution in [1.29, 1.82) is 0 Å². The van der Waals surface area contributed by atoms with Crippen LogP contribution in [0.1, 0.15) is 11.1 Å². The summed E-state index contributed by atoms with van der Waals surface area (Å²) >= 11 is 0. The summed E-state index contributed by atoms with van der Waals surface area (Å²) < 4.78 is 43.0. The lowest BCUT2D eigenvalue weighted by Gasteiger charge is -2.10. The summed E-state index contributed by atoms with van der Waals surface area (Å²) in [5.74, 6) is -1.45. The van der Waals surface area contributed by atoms with Crippen LogP contribution in [0.4, 0.5) is 13.2 Å². The van der Waals surface area contributed by atoms with Crippen LogP contribution < -0.4 is 15.6 Å². The van der Waals surface area contributed by atoms with Gasteiger partial charge in [0.1, 0.15) is 5.75 Å². The van der Waals surface area contributed by atoms with Crippen molar-refractivity contribution >= 4 is 28.8 Å². The predicted molar refractivity (Wildman–Crippen MR) is 104 cm³/mol. The number of fused-ring (bicyclic) bond motifs is 1. The third-order valence-corrected chi connectivity index (χ3v) is 3.93. The SMILES string of the molecule is O=C(/C=C/c1cccc2cccnc12)NNC(=O)COc1cccc(C(F)(F)F)c1. The molecule has 0 aliphatic carbocycles. The second kappa shape index (κ2) is 9.08. The summed E-state index contributed by atoms with van der Waals surface area (Å²) in [6.45, 7) is -0.571. The highest BCUT2D eigenvalue weighted by Gasteiger charge is 2.30. The number of benzene rings is 2. The van der Waals surface area contributed by atoms with Crippen LogP contribution in [-0.4, -0.2) is 23.4 Å². The Kier molecular flexibility index (Phi) is 6.31. The number of amides is 2. The zero-order valence-corrected chi connectivity index (χ0v) is 15.4. The van der Waals surface area contributed by atoms with E-state index in [2.05, 4.69) is 15.8 Å². The largest absolute Gasteiger partial charge is 0.484 e. The van der Waals surface area contributed by atoms with Gasteiger partial charge in [0, 0.05) is 23.2 Å². The number of ether oxygens (including phenoxy) is 1. The first-order valence-electron chi connectivity index (χ1n) is 8.73. The van der Waals surface area contributed by atoms with Gasteiger partial charge in [-0.25, -0.2) is 0 Å². The summed E-state index contributed by atoms with van der Waals surface area (Å²) in [6, 6.07) is 13.4. The normalized spacial score (nSPS) is 11.4. The maximum absolute atomic E-state index is 12.7. The number of carbonyl (C=O) groups excluding carboxylic acids is 2. The molecule has 0 atom stereocenters. The van der Waals surface area contributed by atoms with E-state index in [0.29, 0.717) is 0 Å². The van der Waals surface area contributed by atoms with Crippen LogP contribution in [-0.2, 0) is 15.8 Å². The van der Waals surface area contributed by atoms with E-state index in [1.54, 1.807) is 24.4 Å². The molecule has 0 spiro atoms. The molecule has 3 rings (SSSR count). The Morgan fingerprint density at radius 3 is 2.60 bits per heavy atom. The number of hydrogen-bond donors (Lipinski definition) is 2. The van der Waals surface area contributed by atoms with E-state index in [4.69, 9.17) is 4.74 Å². The van der Waals surface area contributed by atoms with E-state index in [-0.39, 0.29) is 5.75 Å². The molecule has 0 saturated carbocycles. The van der Waals surface area contributed by atoms with Crippen LogP contribution >= 0.6 is 0 Å². The summed E-state index contributed by atoms with van der Waals surface area (Å²) in [4.78, 5) is 27.9. The van der Waals surface area contributed by atoms with Gasteiger partial charge in [-0.1, -0.05) is 30.3 Å². The molecule has 0 unspecified atom stereocenters. The predicted octanol–water partition coefficient (Wildman–Crippen LogP) is 3.49. The van der Waals surface area contributed by atoms with Crippen molar-refractivity contribution in [2.45, 2.75) is 6.18 Å². The van der Waals surface area contributed by atoms with Crippen LogP contribution in [0, 0.1) is 0 Å². The molecule has 0 saturated heterocycles. The first-order chi connectivity index (χ1) is 14.3. The summed E-state index contributed by atoms with van der Waals surface area (Å²) in [7, 11) is 0. The number of hydrogen-bond acceptors (Lipinski definition) is 4. The van der Waals surface area contributed by atoms with Crippen LogP contribution in [0.25, 0.3) is 17.0 Å². The summed E-state index contributed by atoms with van der Waals surface area (Å²) in [5.41, 5.74) is 4.85. The first-order valence-corrected chi connectivity index (χ1v) is 8.73. The number of nitrogens with one attached hydrogen (secondary N) is 2. The third-order valence-electron chi connectivity index (χ3n) is 3.93. The minimum atomic E-state index is -4.51. The quantitative estimate of drug-likeness (QED) is 0.494. The molecule has 0 fully saturated rings. The van der Waals surface area contributed by atoms with E-state index in [9.17, 15) is 22.8 Å². The minimum Gasteiger partial charge on any atom is -0.484 e. The van der Waals surface area contributed by atoms with E-state index >= 15 is 0 Å². The summed E-state index contributed by atoms with van der Waals surface area (Å²) in [5, 5.41) is 0.917. The second-order valence-corrected chi connectivity index (χ2v) is 6.11. The van der Waals surface area contributed by atoms with Gasteiger partial charge in [0.25, 0.3) is 11.8 Å². The molecule has 0 bridgehead atoms. The molecule has 9 heteroatoms. The number of hydrazine groups is 1. The molecule has 3 aromatic rings. The van der Waals surface area contributed by atoms with Crippen LogP contribution in [0.5, 0.6) is 5.75 Å². The van der Waals surface area contributed by atoms with E-state index in [0.717, 1.165) is 28.6 Å². The van der Waals surface area contributed by atoms with Crippen molar-refractivity contribution in [3.05, 3.63) is 78.0 Å². The highest BCUT2D eigenvalue weighted by molar-refractivity contribution is 5.96. The molecule has 0 aliphatic rings. The van der Waals surface area contributed by atoms with Gasteiger partial charge in [-0.2, -0.15) is 13.2 Å². The third kappa shape index (κ3) is 5.57. The van der Waals surface area contributed by atoms with Gasteiger partial charge in [0.05, 0.1) is 11.1 Å². The molecule has 6 nitrogen and oxygen atoms in total. The van der Waals surface area contributed by atoms with Crippen LogP contribution in [0.15, 0.2) is 66.9 Å². The average Bonchev–Trinajstić information content (AvgIpc) is 2.74. The molecule has 154 valence electrons. The lowest BCUT2D eigenvalue weighted by molar-refractivity contribution is -0.137. The van der Waals surface area contributed by atoms with E-state index in [1.165, 1.54) is 18.2 Å². The van der Waals surface area contributed by atoms with Gasteiger partial charge < -0.3 is 4.74 Å².